The van der Waals surface area contributed by atoms with Crippen LogP contribution >= 0.6 is 0 Å². The first-order chi connectivity index (χ1) is 8.65. The largest absolute Gasteiger partial charge is 1.00 e. The zero-order chi connectivity index (χ0) is 13.4. The molecule has 98 valence electrons. The van der Waals surface area contributed by atoms with E-state index >= 15 is 0 Å². The minimum atomic E-state index is -1.35. The molecule has 0 atom stereocenters. The summed E-state index contributed by atoms with van der Waals surface area (Å²) in [6.07, 6.45) is 0. The van der Waals surface area contributed by atoms with Crippen molar-refractivity contribution in [3.63, 3.8) is 0 Å². The molecular formula is C12H13NaO6. The third kappa shape index (κ3) is 6.70. The molecule has 0 radical (unpaired) electrons. The molecule has 0 aliphatic carbocycles. The molecule has 1 N–H and O–H groups in total. The first-order valence-corrected chi connectivity index (χ1v) is 5.32. The van der Waals surface area contributed by atoms with E-state index in [0.29, 0.717) is 0 Å². The number of carboxylic acids is 1. The predicted octanol–water partition coefficient (Wildman–Crippen LogP) is -3.78. The molecule has 0 bridgehead atoms. The molecule has 1 aromatic rings. The van der Waals surface area contributed by atoms with Crippen LogP contribution in [0.1, 0.15) is 20.7 Å². The monoisotopic (exact) mass is 276 g/mol. The quantitative estimate of drug-likeness (QED) is 0.312. The average Bonchev–Trinajstić information content (AvgIpc) is 2.38. The van der Waals surface area contributed by atoms with E-state index in [1.54, 1.807) is 0 Å². The molecule has 0 saturated heterocycles. The van der Waals surface area contributed by atoms with E-state index in [-0.39, 0.29) is 67.1 Å². The average molecular weight is 276 g/mol. The maximum Gasteiger partial charge on any atom is 1.00 e. The maximum atomic E-state index is 11.5. The molecule has 0 aromatic heterocycles. The Kier molecular flexibility index (Phi) is 9.46. The number of hydrogen-bond acceptors (Lipinski definition) is 6. The van der Waals surface area contributed by atoms with Gasteiger partial charge in [0, 0.05) is 0 Å². The van der Waals surface area contributed by atoms with Gasteiger partial charge in [0.15, 0.2) is 0 Å². The zero-order valence-corrected chi connectivity index (χ0v) is 12.6. The van der Waals surface area contributed by atoms with Crippen LogP contribution in [0.3, 0.4) is 0 Å². The molecule has 19 heavy (non-hydrogen) atoms. The van der Waals surface area contributed by atoms with Crippen molar-refractivity contribution in [2.75, 3.05) is 26.4 Å². The van der Waals surface area contributed by atoms with Crippen LogP contribution in [0.4, 0.5) is 0 Å². The number of rotatable bonds is 7. The van der Waals surface area contributed by atoms with Crippen molar-refractivity contribution in [2.45, 2.75) is 0 Å². The van der Waals surface area contributed by atoms with Crippen LogP contribution in [0.15, 0.2) is 24.3 Å². The van der Waals surface area contributed by atoms with Gasteiger partial charge in [-0.3, -0.25) is 0 Å². The van der Waals surface area contributed by atoms with Gasteiger partial charge in [-0.05, 0) is 17.7 Å². The first-order valence-electron chi connectivity index (χ1n) is 5.32. The molecule has 1 aromatic carbocycles. The number of aliphatic hydroxyl groups is 1. The van der Waals surface area contributed by atoms with Gasteiger partial charge in [-0.15, -0.1) is 0 Å². The molecule has 6 nitrogen and oxygen atoms in total. The smallest absolute Gasteiger partial charge is 0.545 e. The Bertz CT molecular complexity index is 420. The third-order valence-electron chi connectivity index (χ3n) is 2.03. The number of ether oxygens (including phenoxy) is 2. The molecule has 0 aliphatic heterocycles. The van der Waals surface area contributed by atoms with Crippen molar-refractivity contribution in [3.05, 3.63) is 35.4 Å². The van der Waals surface area contributed by atoms with Gasteiger partial charge in [-0.2, -0.15) is 0 Å². The number of carbonyl (C=O) groups is 2. The van der Waals surface area contributed by atoms with Crippen LogP contribution in [0.25, 0.3) is 0 Å². The standard InChI is InChI=1S/C12H14O6.Na/c13-4-5-17-6-7-18-12(16)10-3-1-2-9(8-10)11(14)15;/h1-3,8,13H,4-7H2,(H,14,15);/q;+1/p-1. The minimum absolute atomic E-state index is 0. The molecule has 1 rings (SSSR count). The van der Waals surface area contributed by atoms with E-state index in [2.05, 4.69) is 0 Å². The van der Waals surface area contributed by atoms with Gasteiger partial charge >= 0.3 is 35.5 Å². The Morgan fingerprint density at radius 2 is 1.84 bits per heavy atom. The van der Waals surface area contributed by atoms with Crippen LogP contribution in [0.5, 0.6) is 0 Å². The number of aliphatic hydroxyl groups excluding tert-OH is 1. The number of carbonyl (C=O) groups excluding carboxylic acids is 2. The Labute approximate surface area is 132 Å². The second-order valence-electron chi connectivity index (χ2n) is 3.34. The minimum Gasteiger partial charge on any atom is -0.545 e. The number of hydrogen-bond donors (Lipinski definition) is 1. The Morgan fingerprint density at radius 1 is 1.16 bits per heavy atom. The van der Waals surface area contributed by atoms with E-state index in [4.69, 9.17) is 14.6 Å². The third-order valence-corrected chi connectivity index (χ3v) is 2.03. The van der Waals surface area contributed by atoms with Crippen LogP contribution < -0.4 is 34.7 Å². The summed E-state index contributed by atoms with van der Waals surface area (Å²) in [5, 5.41) is 19.0. The number of benzene rings is 1. The van der Waals surface area contributed by atoms with Gasteiger partial charge in [0.05, 0.1) is 31.4 Å². The summed E-state index contributed by atoms with van der Waals surface area (Å²) in [5.74, 6) is -1.98. The number of esters is 1. The fourth-order valence-electron chi connectivity index (χ4n) is 1.22. The molecule has 0 saturated carbocycles. The van der Waals surface area contributed by atoms with Crippen molar-refractivity contribution in [3.8, 4) is 0 Å². The van der Waals surface area contributed by atoms with Crippen LogP contribution in [0.2, 0.25) is 0 Å². The van der Waals surface area contributed by atoms with Crippen molar-refractivity contribution in [1.29, 1.82) is 0 Å². The number of aromatic carboxylic acids is 1. The SMILES string of the molecule is O=C([O-])c1cccc(C(=O)OCCOCCO)c1.[Na+]. The molecule has 0 heterocycles. The van der Waals surface area contributed by atoms with Crippen molar-refractivity contribution in [1.82, 2.24) is 0 Å². The second-order valence-corrected chi connectivity index (χ2v) is 3.34. The van der Waals surface area contributed by atoms with Crippen LogP contribution in [0, 0.1) is 0 Å². The van der Waals surface area contributed by atoms with E-state index < -0.39 is 11.9 Å². The molecule has 0 amide bonds. The van der Waals surface area contributed by atoms with E-state index in [1.807, 2.05) is 0 Å². The van der Waals surface area contributed by atoms with Crippen LogP contribution in [-0.2, 0) is 9.47 Å². The molecular weight excluding hydrogens is 263 g/mol. The summed E-state index contributed by atoms with van der Waals surface area (Å²) in [5.41, 5.74) is 0.0554. The molecule has 0 spiro atoms. The summed E-state index contributed by atoms with van der Waals surface area (Å²) in [7, 11) is 0. The topological polar surface area (TPSA) is 95.9 Å². The maximum absolute atomic E-state index is 11.5. The molecule has 7 heteroatoms. The molecule has 0 unspecified atom stereocenters. The van der Waals surface area contributed by atoms with Gasteiger partial charge < -0.3 is 24.5 Å². The van der Waals surface area contributed by atoms with Crippen molar-refractivity contribution in [2.24, 2.45) is 0 Å². The summed E-state index contributed by atoms with van der Waals surface area (Å²) >= 11 is 0. The summed E-state index contributed by atoms with van der Waals surface area (Å²) in [6.45, 7) is 0.292. The van der Waals surface area contributed by atoms with E-state index in [0.717, 1.165) is 0 Å². The fraction of sp³-hybridized carbons (Fsp3) is 0.333. The normalized spacial score (nSPS) is 9.53. The summed E-state index contributed by atoms with van der Waals surface area (Å²) in [6, 6.07) is 5.40. The van der Waals surface area contributed by atoms with E-state index in [9.17, 15) is 14.7 Å². The van der Waals surface area contributed by atoms with Gasteiger partial charge in [-0.25, -0.2) is 4.79 Å². The Balaban J connectivity index is 0.00000324. The zero-order valence-electron chi connectivity index (χ0n) is 10.6. The Morgan fingerprint density at radius 3 is 2.47 bits per heavy atom. The summed E-state index contributed by atoms with van der Waals surface area (Å²) < 4.78 is 9.75. The Hall–Kier alpha value is -0.920. The van der Waals surface area contributed by atoms with Gasteiger partial charge in [0.25, 0.3) is 0 Å². The summed E-state index contributed by atoms with van der Waals surface area (Å²) in [4.78, 5) is 22.1. The molecule has 0 fully saturated rings. The van der Waals surface area contributed by atoms with Crippen molar-refractivity contribution >= 4 is 11.9 Å². The van der Waals surface area contributed by atoms with Crippen molar-refractivity contribution < 1.29 is 58.8 Å². The van der Waals surface area contributed by atoms with Crippen LogP contribution in [-0.4, -0.2) is 43.5 Å². The van der Waals surface area contributed by atoms with Gasteiger partial charge in [0.2, 0.25) is 0 Å². The predicted molar refractivity (Wildman–Crippen MR) is 59.0 cm³/mol. The molecule has 0 aliphatic rings. The van der Waals surface area contributed by atoms with E-state index in [1.165, 1.54) is 24.3 Å². The second kappa shape index (κ2) is 9.94. The fourth-order valence-corrected chi connectivity index (χ4v) is 1.22. The number of carboxylic acid groups (broad SMARTS) is 1. The van der Waals surface area contributed by atoms with Gasteiger partial charge in [0.1, 0.15) is 6.61 Å². The first kappa shape index (κ1) is 18.1. The van der Waals surface area contributed by atoms with Gasteiger partial charge in [-0.1, -0.05) is 12.1 Å².